The zero-order valence-electron chi connectivity index (χ0n) is 18.6. The number of halogens is 1. The molecule has 5 aromatic carbocycles. The molecule has 1 aromatic heterocycles. The number of nitrogens with zero attached hydrogens (tertiary/aromatic N) is 2. The van der Waals surface area contributed by atoms with Gasteiger partial charge in [-0.2, -0.15) is 0 Å². The normalized spacial score (nSPS) is 11.2. The van der Waals surface area contributed by atoms with Gasteiger partial charge in [-0.15, -0.1) is 0 Å². The number of benzene rings is 5. The van der Waals surface area contributed by atoms with Gasteiger partial charge in [0.1, 0.15) is 0 Å². The van der Waals surface area contributed by atoms with Crippen molar-refractivity contribution >= 4 is 39.1 Å². The standard InChI is InChI=1S/C30H19ClN2O2/c31-27-15-6-4-11-22(27)24-13-8-14-25-23-12-5-7-16-28(23)32(30(24)25)21-17-18-29(33(34)35)26(19-21)20-9-2-1-3-10-20/h1-19H. The smallest absolute Gasteiger partial charge is 0.277 e. The van der Waals surface area contributed by atoms with Crippen LogP contribution in [0.3, 0.4) is 0 Å². The number of fused-ring (bicyclic) bond motifs is 3. The summed E-state index contributed by atoms with van der Waals surface area (Å²) in [7, 11) is 0. The van der Waals surface area contributed by atoms with E-state index < -0.39 is 0 Å². The lowest BCUT2D eigenvalue weighted by molar-refractivity contribution is -0.384. The predicted molar refractivity (Wildman–Crippen MR) is 143 cm³/mol. The zero-order valence-corrected chi connectivity index (χ0v) is 19.3. The van der Waals surface area contributed by atoms with Crippen molar-refractivity contribution < 1.29 is 4.92 Å². The van der Waals surface area contributed by atoms with Gasteiger partial charge in [0.25, 0.3) is 5.69 Å². The van der Waals surface area contributed by atoms with E-state index in [0.717, 1.165) is 44.2 Å². The van der Waals surface area contributed by atoms with Crippen LogP contribution in [0.25, 0.3) is 49.7 Å². The predicted octanol–water partition coefficient (Wildman–Crippen LogP) is 8.68. The molecule has 4 nitrogen and oxygen atoms in total. The molecular weight excluding hydrogens is 456 g/mol. The summed E-state index contributed by atoms with van der Waals surface area (Å²) in [4.78, 5) is 11.6. The fourth-order valence-electron chi connectivity index (χ4n) is 4.86. The average molecular weight is 475 g/mol. The van der Waals surface area contributed by atoms with E-state index in [1.54, 1.807) is 6.07 Å². The van der Waals surface area contributed by atoms with Crippen LogP contribution in [0.5, 0.6) is 0 Å². The number of nitro groups is 1. The van der Waals surface area contributed by atoms with Gasteiger partial charge in [-0.1, -0.05) is 96.5 Å². The lowest BCUT2D eigenvalue weighted by Crippen LogP contribution is -1.99. The SMILES string of the molecule is O=[N+]([O-])c1ccc(-n2c3ccccc3c3cccc(-c4ccccc4Cl)c32)cc1-c1ccccc1. The number of aromatic nitrogens is 1. The van der Waals surface area contributed by atoms with Crippen LogP contribution in [-0.4, -0.2) is 9.49 Å². The molecule has 6 rings (SSSR count). The number of hydrogen-bond donors (Lipinski definition) is 0. The first-order valence-corrected chi connectivity index (χ1v) is 11.6. The number of para-hydroxylation sites is 2. The number of nitro benzene ring substituents is 1. The Bertz CT molecular complexity index is 1740. The molecule has 0 saturated carbocycles. The van der Waals surface area contributed by atoms with E-state index in [2.05, 4.69) is 28.8 Å². The number of rotatable bonds is 4. The Labute approximate surface area is 206 Å². The van der Waals surface area contributed by atoms with Crippen molar-refractivity contribution in [1.82, 2.24) is 4.57 Å². The first-order chi connectivity index (χ1) is 17.1. The van der Waals surface area contributed by atoms with E-state index in [1.807, 2.05) is 84.9 Å². The third-order valence-corrected chi connectivity index (χ3v) is 6.71. The van der Waals surface area contributed by atoms with Gasteiger partial charge in [-0.25, -0.2) is 0 Å². The van der Waals surface area contributed by atoms with Crippen LogP contribution in [-0.2, 0) is 0 Å². The zero-order chi connectivity index (χ0) is 23.9. The van der Waals surface area contributed by atoms with Gasteiger partial charge in [0.2, 0.25) is 0 Å². The average Bonchev–Trinajstić information content (AvgIpc) is 3.24. The fourth-order valence-corrected chi connectivity index (χ4v) is 5.09. The molecule has 0 N–H and O–H groups in total. The minimum Gasteiger partial charge on any atom is -0.309 e. The molecule has 0 spiro atoms. The minimum absolute atomic E-state index is 0.0760. The van der Waals surface area contributed by atoms with Crippen LogP contribution in [0, 0.1) is 10.1 Å². The maximum absolute atomic E-state index is 11.9. The van der Waals surface area contributed by atoms with Gasteiger partial charge in [0, 0.05) is 38.7 Å². The Hall–Kier alpha value is -4.41. The molecule has 0 amide bonds. The molecule has 0 unspecified atom stereocenters. The van der Waals surface area contributed by atoms with Crippen LogP contribution in [0.4, 0.5) is 5.69 Å². The van der Waals surface area contributed by atoms with Gasteiger partial charge in [-0.05, 0) is 29.8 Å². The molecule has 35 heavy (non-hydrogen) atoms. The molecule has 0 saturated heterocycles. The van der Waals surface area contributed by atoms with Crippen molar-refractivity contribution in [3.8, 4) is 27.9 Å². The Morgan fingerprint density at radius 3 is 2.14 bits per heavy atom. The maximum Gasteiger partial charge on any atom is 0.277 e. The van der Waals surface area contributed by atoms with E-state index in [0.29, 0.717) is 10.6 Å². The molecule has 0 aliphatic heterocycles. The van der Waals surface area contributed by atoms with Crippen LogP contribution in [0.2, 0.25) is 5.02 Å². The monoisotopic (exact) mass is 474 g/mol. The first kappa shape index (κ1) is 21.1. The van der Waals surface area contributed by atoms with Gasteiger partial charge < -0.3 is 4.57 Å². The quantitative estimate of drug-likeness (QED) is 0.189. The van der Waals surface area contributed by atoms with Crippen molar-refractivity contribution in [2.75, 3.05) is 0 Å². The third-order valence-electron chi connectivity index (χ3n) is 6.38. The Kier molecular flexibility index (Phi) is 5.09. The fraction of sp³-hybridized carbons (Fsp3) is 0. The van der Waals surface area contributed by atoms with Crippen LogP contribution < -0.4 is 0 Å². The highest BCUT2D eigenvalue weighted by molar-refractivity contribution is 6.34. The van der Waals surface area contributed by atoms with Crippen molar-refractivity contribution in [3.63, 3.8) is 0 Å². The maximum atomic E-state index is 11.9. The summed E-state index contributed by atoms with van der Waals surface area (Å²) in [6.45, 7) is 0. The topological polar surface area (TPSA) is 48.1 Å². The van der Waals surface area contributed by atoms with E-state index in [-0.39, 0.29) is 10.6 Å². The summed E-state index contributed by atoms with van der Waals surface area (Å²) in [5.41, 5.74) is 6.28. The molecule has 6 aromatic rings. The van der Waals surface area contributed by atoms with Crippen molar-refractivity contribution in [3.05, 3.63) is 130 Å². The second kappa shape index (κ2) is 8.42. The highest BCUT2D eigenvalue weighted by Crippen LogP contribution is 2.41. The summed E-state index contributed by atoms with van der Waals surface area (Å²) in [6, 6.07) is 37.1. The van der Waals surface area contributed by atoms with E-state index >= 15 is 0 Å². The molecule has 0 fully saturated rings. The van der Waals surface area contributed by atoms with Crippen LogP contribution in [0.1, 0.15) is 0 Å². The third kappa shape index (κ3) is 3.47. The van der Waals surface area contributed by atoms with E-state index in [1.165, 1.54) is 0 Å². The summed E-state index contributed by atoms with van der Waals surface area (Å²) in [5, 5.41) is 14.8. The van der Waals surface area contributed by atoms with Crippen molar-refractivity contribution in [1.29, 1.82) is 0 Å². The summed E-state index contributed by atoms with van der Waals surface area (Å²) >= 11 is 6.63. The molecular formula is C30H19ClN2O2. The molecule has 5 heteroatoms. The lowest BCUT2D eigenvalue weighted by Gasteiger charge is -2.14. The first-order valence-electron chi connectivity index (χ1n) is 11.2. The molecule has 0 atom stereocenters. The highest BCUT2D eigenvalue weighted by Gasteiger charge is 2.21. The van der Waals surface area contributed by atoms with Gasteiger partial charge in [0.05, 0.1) is 21.5 Å². The molecule has 0 aliphatic rings. The largest absolute Gasteiger partial charge is 0.309 e. The minimum atomic E-state index is -0.326. The van der Waals surface area contributed by atoms with E-state index in [4.69, 9.17) is 11.6 Å². The molecule has 0 radical (unpaired) electrons. The Morgan fingerprint density at radius 2 is 1.34 bits per heavy atom. The van der Waals surface area contributed by atoms with Gasteiger partial charge in [0.15, 0.2) is 0 Å². The van der Waals surface area contributed by atoms with Gasteiger partial charge >= 0.3 is 0 Å². The molecule has 0 aliphatic carbocycles. The second-order valence-corrected chi connectivity index (χ2v) is 8.77. The lowest BCUT2D eigenvalue weighted by atomic mass is 10.0. The van der Waals surface area contributed by atoms with Crippen molar-refractivity contribution in [2.24, 2.45) is 0 Å². The Balaban J connectivity index is 1.73. The molecule has 1 heterocycles. The molecule has 0 bridgehead atoms. The van der Waals surface area contributed by atoms with Crippen molar-refractivity contribution in [2.45, 2.75) is 0 Å². The van der Waals surface area contributed by atoms with Crippen LogP contribution in [0.15, 0.2) is 115 Å². The van der Waals surface area contributed by atoms with E-state index in [9.17, 15) is 10.1 Å². The highest BCUT2D eigenvalue weighted by atomic mass is 35.5. The number of hydrogen-bond acceptors (Lipinski definition) is 2. The summed E-state index contributed by atoms with van der Waals surface area (Å²) in [5.74, 6) is 0. The van der Waals surface area contributed by atoms with Gasteiger partial charge in [-0.3, -0.25) is 10.1 Å². The summed E-state index contributed by atoms with van der Waals surface area (Å²) < 4.78 is 2.18. The Morgan fingerprint density at radius 1 is 0.657 bits per heavy atom. The molecule has 168 valence electrons. The summed E-state index contributed by atoms with van der Waals surface area (Å²) in [6.07, 6.45) is 0. The second-order valence-electron chi connectivity index (χ2n) is 8.36. The van der Waals surface area contributed by atoms with Crippen LogP contribution >= 0.6 is 11.6 Å².